The molecule has 1 saturated heterocycles. The summed E-state index contributed by atoms with van der Waals surface area (Å²) in [5.41, 5.74) is 1.41. The second kappa shape index (κ2) is 6.88. The molecule has 1 aliphatic carbocycles. The number of ether oxygens (including phenoxy) is 1. The van der Waals surface area contributed by atoms with Crippen molar-refractivity contribution in [3.63, 3.8) is 0 Å². The van der Waals surface area contributed by atoms with E-state index in [0.717, 1.165) is 49.7 Å². The average Bonchev–Trinajstić information content (AvgIpc) is 3.33. The lowest BCUT2D eigenvalue weighted by Crippen LogP contribution is -2.54. The normalized spacial score (nSPS) is 25.1. The molecular weight excluding hydrogens is 386 g/mol. The van der Waals surface area contributed by atoms with Gasteiger partial charge in [-0.25, -0.2) is 4.79 Å². The SMILES string of the molecule is O=C1OC2(CCCN(C(=O)C3(c4ccc(Cl)cc4)CCCC3)C2)c2ccccc21. The van der Waals surface area contributed by atoms with Gasteiger partial charge >= 0.3 is 5.97 Å². The minimum atomic E-state index is -0.707. The predicted octanol–water partition coefficient (Wildman–Crippen LogP) is 4.84. The monoisotopic (exact) mass is 409 g/mol. The topological polar surface area (TPSA) is 46.6 Å². The van der Waals surface area contributed by atoms with E-state index >= 15 is 0 Å². The Kier molecular flexibility index (Phi) is 4.43. The fraction of sp³-hybridized carbons (Fsp3) is 0.417. The van der Waals surface area contributed by atoms with E-state index in [0.29, 0.717) is 23.7 Å². The lowest BCUT2D eigenvalue weighted by atomic mass is 9.76. The van der Waals surface area contributed by atoms with E-state index in [4.69, 9.17) is 16.3 Å². The maximum absolute atomic E-state index is 13.9. The van der Waals surface area contributed by atoms with Crippen LogP contribution in [0.5, 0.6) is 0 Å². The summed E-state index contributed by atoms with van der Waals surface area (Å²) in [4.78, 5) is 28.3. The summed E-state index contributed by atoms with van der Waals surface area (Å²) in [6.45, 7) is 1.14. The van der Waals surface area contributed by atoms with Crippen molar-refractivity contribution in [3.05, 3.63) is 70.2 Å². The second-order valence-corrected chi connectivity index (χ2v) is 8.99. The van der Waals surface area contributed by atoms with Crippen LogP contribution in [-0.4, -0.2) is 29.9 Å². The van der Waals surface area contributed by atoms with Crippen LogP contribution < -0.4 is 0 Å². The van der Waals surface area contributed by atoms with Crippen molar-refractivity contribution in [2.75, 3.05) is 13.1 Å². The van der Waals surface area contributed by atoms with Crippen LogP contribution in [-0.2, 0) is 20.5 Å². The quantitative estimate of drug-likeness (QED) is 0.667. The van der Waals surface area contributed by atoms with E-state index in [9.17, 15) is 9.59 Å². The van der Waals surface area contributed by atoms with Gasteiger partial charge in [-0.15, -0.1) is 0 Å². The van der Waals surface area contributed by atoms with Crippen molar-refractivity contribution in [1.29, 1.82) is 0 Å². The van der Waals surface area contributed by atoms with Crippen molar-refractivity contribution in [3.8, 4) is 0 Å². The van der Waals surface area contributed by atoms with Gasteiger partial charge in [0.25, 0.3) is 0 Å². The van der Waals surface area contributed by atoms with Crippen LogP contribution in [0.4, 0.5) is 0 Å². The molecule has 5 heteroatoms. The molecule has 1 unspecified atom stereocenters. The second-order valence-electron chi connectivity index (χ2n) is 8.56. The Morgan fingerprint density at radius 2 is 1.69 bits per heavy atom. The summed E-state index contributed by atoms with van der Waals surface area (Å²) in [6.07, 6.45) is 5.38. The molecule has 2 aromatic rings. The number of hydrogen-bond acceptors (Lipinski definition) is 3. The minimum Gasteiger partial charge on any atom is -0.449 e. The molecule has 0 radical (unpaired) electrons. The van der Waals surface area contributed by atoms with Crippen molar-refractivity contribution in [1.82, 2.24) is 4.90 Å². The summed E-state index contributed by atoms with van der Waals surface area (Å²) < 4.78 is 5.91. The van der Waals surface area contributed by atoms with Gasteiger partial charge in [0.05, 0.1) is 17.5 Å². The number of esters is 1. The van der Waals surface area contributed by atoms with Crippen molar-refractivity contribution in [2.24, 2.45) is 0 Å². The standard InChI is InChI=1S/C24H24ClNO3/c25-18-10-8-17(9-11-18)23(12-3-4-13-23)22(28)26-15-5-14-24(16-26)20-7-2-1-6-19(20)21(27)29-24/h1-2,6-11H,3-5,12-16H2. The molecule has 0 bridgehead atoms. The highest BCUT2D eigenvalue weighted by Crippen LogP contribution is 2.47. The number of nitrogens with zero attached hydrogens (tertiary/aromatic N) is 1. The van der Waals surface area contributed by atoms with Gasteiger partial charge in [-0.1, -0.05) is 54.8 Å². The highest BCUT2D eigenvalue weighted by atomic mass is 35.5. The first-order chi connectivity index (χ1) is 14.0. The molecule has 1 saturated carbocycles. The zero-order chi connectivity index (χ0) is 20.1. The molecule has 2 heterocycles. The van der Waals surface area contributed by atoms with Gasteiger partial charge in [-0.05, 0) is 49.4 Å². The van der Waals surface area contributed by atoms with Crippen molar-refractivity contribution in [2.45, 2.75) is 49.5 Å². The molecule has 150 valence electrons. The van der Waals surface area contributed by atoms with E-state index in [1.165, 1.54) is 0 Å². The van der Waals surface area contributed by atoms with E-state index in [1.54, 1.807) is 0 Å². The fourth-order valence-electron chi connectivity index (χ4n) is 5.52. The Hall–Kier alpha value is -2.33. The number of hydrogen-bond donors (Lipinski definition) is 0. The third-order valence-electron chi connectivity index (χ3n) is 6.93. The predicted molar refractivity (Wildman–Crippen MR) is 111 cm³/mol. The van der Waals surface area contributed by atoms with E-state index in [2.05, 4.69) is 0 Å². The Balaban J connectivity index is 1.48. The van der Waals surface area contributed by atoms with E-state index in [-0.39, 0.29) is 11.9 Å². The molecule has 1 atom stereocenters. The van der Waals surface area contributed by atoms with Gasteiger partial charge < -0.3 is 9.64 Å². The van der Waals surface area contributed by atoms with Crippen LogP contribution in [0.2, 0.25) is 5.02 Å². The number of likely N-dealkylation sites (tertiary alicyclic amines) is 1. The van der Waals surface area contributed by atoms with Crippen molar-refractivity contribution < 1.29 is 14.3 Å². The molecule has 2 aromatic carbocycles. The fourth-order valence-corrected chi connectivity index (χ4v) is 5.65. The lowest BCUT2D eigenvalue weighted by Gasteiger charge is -2.43. The van der Waals surface area contributed by atoms with E-state index in [1.807, 2.05) is 53.4 Å². The molecule has 29 heavy (non-hydrogen) atoms. The van der Waals surface area contributed by atoms with Crippen LogP contribution in [0.3, 0.4) is 0 Å². The van der Waals surface area contributed by atoms with Crippen LogP contribution >= 0.6 is 11.6 Å². The number of fused-ring (bicyclic) bond motifs is 2. The number of halogens is 1. The maximum atomic E-state index is 13.9. The van der Waals surface area contributed by atoms with Gasteiger partial charge in [-0.3, -0.25) is 4.79 Å². The number of amides is 1. The largest absolute Gasteiger partial charge is 0.449 e. The average molecular weight is 410 g/mol. The molecule has 1 amide bonds. The number of carbonyl (C=O) groups is 2. The highest BCUT2D eigenvalue weighted by Gasteiger charge is 2.52. The molecule has 3 aliphatic rings. The highest BCUT2D eigenvalue weighted by molar-refractivity contribution is 6.30. The number of piperidine rings is 1. The summed E-state index contributed by atoms with van der Waals surface area (Å²) >= 11 is 6.09. The van der Waals surface area contributed by atoms with E-state index < -0.39 is 11.0 Å². The zero-order valence-electron chi connectivity index (χ0n) is 16.3. The van der Waals surface area contributed by atoms with Crippen LogP contribution in [0.1, 0.15) is 60.0 Å². The van der Waals surface area contributed by atoms with Gasteiger partial charge in [0, 0.05) is 17.1 Å². The van der Waals surface area contributed by atoms with Gasteiger partial charge in [0.15, 0.2) is 5.60 Å². The number of carbonyl (C=O) groups excluding carboxylic acids is 2. The Morgan fingerprint density at radius 3 is 2.45 bits per heavy atom. The Bertz CT molecular complexity index is 964. The van der Waals surface area contributed by atoms with Gasteiger partial charge in [0.1, 0.15) is 0 Å². The summed E-state index contributed by atoms with van der Waals surface area (Å²) in [6, 6.07) is 15.3. The Morgan fingerprint density at radius 1 is 0.966 bits per heavy atom. The third kappa shape index (κ3) is 2.88. The summed E-state index contributed by atoms with van der Waals surface area (Å²) in [7, 11) is 0. The molecule has 1 spiro atoms. The van der Waals surface area contributed by atoms with Crippen LogP contribution in [0.15, 0.2) is 48.5 Å². The first-order valence-electron chi connectivity index (χ1n) is 10.4. The molecular formula is C24H24ClNO3. The molecule has 2 fully saturated rings. The number of benzene rings is 2. The summed E-state index contributed by atoms with van der Waals surface area (Å²) in [5, 5.41) is 0.681. The maximum Gasteiger partial charge on any atom is 0.339 e. The first-order valence-corrected chi connectivity index (χ1v) is 10.8. The zero-order valence-corrected chi connectivity index (χ0v) is 17.1. The summed E-state index contributed by atoms with van der Waals surface area (Å²) in [5.74, 6) is -0.111. The third-order valence-corrected chi connectivity index (χ3v) is 7.18. The molecule has 4 nitrogen and oxygen atoms in total. The van der Waals surface area contributed by atoms with Gasteiger partial charge in [0.2, 0.25) is 5.91 Å². The first kappa shape index (κ1) is 18.7. The minimum absolute atomic E-state index is 0.164. The smallest absolute Gasteiger partial charge is 0.339 e. The van der Waals surface area contributed by atoms with Gasteiger partial charge in [-0.2, -0.15) is 0 Å². The molecule has 2 aliphatic heterocycles. The number of rotatable bonds is 2. The lowest BCUT2D eigenvalue weighted by molar-refractivity contribution is -0.144. The Labute approximate surface area is 175 Å². The molecule has 0 N–H and O–H groups in total. The van der Waals surface area contributed by atoms with Crippen LogP contribution in [0.25, 0.3) is 0 Å². The van der Waals surface area contributed by atoms with Crippen LogP contribution in [0, 0.1) is 0 Å². The molecule has 0 aromatic heterocycles. The van der Waals surface area contributed by atoms with Crippen molar-refractivity contribution >= 4 is 23.5 Å². The molecule has 5 rings (SSSR count).